The molecule has 0 radical (unpaired) electrons. The summed E-state index contributed by atoms with van der Waals surface area (Å²) in [6, 6.07) is 0.932. The van der Waals surface area contributed by atoms with Crippen molar-refractivity contribution in [1.82, 2.24) is 9.62 Å². The molecule has 0 aromatic heterocycles. The van der Waals surface area contributed by atoms with Crippen molar-refractivity contribution in [2.24, 2.45) is 0 Å². The third kappa shape index (κ3) is 2.76. The molecular weight excluding hydrogens is 346 g/mol. The number of nitrogens with zero attached hydrogens (tertiary/aromatic N) is 1. The van der Waals surface area contributed by atoms with E-state index in [4.69, 9.17) is 23.2 Å². The standard InChI is InChI=1S/C11H9Cl2FN2O4S/c1-5-11(18)15-8(17)4-16(5)21(19,20)7-3-2-6(12)10(14)9(7)13/h2-3,5H,4H2,1H3,(H,15,17,18). The number of nitrogens with one attached hydrogen (secondary N) is 1. The minimum atomic E-state index is -4.33. The quantitative estimate of drug-likeness (QED) is 0.638. The Bertz CT molecular complexity index is 738. The highest BCUT2D eigenvalue weighted by atomic mass is 35.5. The first-order valence-electron chi connectivity index (χ1n) is 5.65. The molecule has 0 saturated carbocycles. The first-order chi connectivity index (χ1) is 9.66. The molecule has 1 atom stereocenters. The van der Waals surface area contributed by atoms with Crippen LogP contribution in [0, 0.1) is 5.82 Å². The van der Waals surface area contributed by atoms with Gasteiger partial charge in [0.05, 0.1) is 16.6 Å². The van der Waals surface area contributed by atoms with Crippen molar-refractivity contribution < 1.29 is 22.4 Å². The van der Waals surface area contributed by atoms with Gasteiger partial charge in [-0.3, -0.25) is 14.9 Å². The molecule has 2 rings (SSSR count). The van der Waals surface area contributed by atoms with E-state index in [1.807, 2.05) is 5.32 Å². The summed E-state index contributed by atoms with van der Waals surface area (Å²) >= 11 is 11.2. The summed E-state index contributed by atoms with van der Waals surface area (Å²) < 4.78 is 39.2. The summed E-state index contributed by atoms with van der Waals surface area (Å²) in [7, 11) is -4.33. The van der Waals surface area contributed by atoms with Crippen LogP contribution in [0.3, 0.4) is 0 Å². The van der Waals surface area contributed by atoms with E-state index < -0.39 is 50.2 Å². The summed E-state index contributed by atoms with van der Waals surface area (Å²) in [6.45, 7) is 0.745. The molecule has 0 aliphatic carbocycles. The van der Waals surface area contributed by atoms with Crippen LogP contribution in [0.5, 0.6) is 0 Å². The van der Waals surface area contributed by atoms with Crippen LogP contribution >= 0.6 is 23.2 Å². The lowest BCUT2D eigenvalue weighted by Gasteiger charge is -2.30. The highest BCUT2D eigenvalue weighted by molar-refractivity contribution is 7.89. The molecule has 1 aliphatic heterocycles. The minimum absolute atomic E-state index is 0.334. The fourth-order valence-corrected chi connectivity index (χ4v) is 4.09. The summed E-state index contributed by atoms with van der Waals surface area (Å²) in [5.74, 6) is -2.62. The van der Waals surface area contributed by atoms with Gasteiger partial charge in [0.2, 0.25) is 21.8 Å². The second-order valence-electron chi connectivity index (χ2n) is 4.31. The van der Waals surface area contributed by atoms with Crippen LogP contribution in [0.15, 0.2) is 17.0 Å². The molecule has 21 heavy (non-hydrogen) atoms. The largest absolute Gasteiger partial charge is 0.294 e. The van der Waals surface area contributed by atoms with Crippen molar-refractivity contribution in [1.29, 1.82) is 0 Å². The van der Waals surface area contributed by atoms with Crippen molar-refractivity contribution in [3.05, 3.63) is 28.0 Å². The van der Waals surface area contributed by atoms with Gasteiger partial charge in [-0.2, -0.15) is 4.31 Å². The predicted octanol–water partition coefficient (Wildman–Crippen LogP) is 1.17. The van der Waals surface area contributed by atoms with Crippen LogP contribution in [0.2, 0.25) is 10.0 Å². The second kappa shape index (κ2) is 5.53. The third-order valence-corrected chi connectivity index (χ3v) is 5.69. The highest BCUT2D eigenvalue weighted by Gasteiger charge is 2.40. The Morgan fingerprint density at radius 1 is 1.33 bits per heavy atom. The van der Waals surface area contributed by atoms with Crippen molar-refractivity contribution in [3.8, 4) is 0 Å². The number of rotatable bonds is 2. The Hall–Kier alpha value is -1.22. The minimum Gasteiger partial charge on any atom is -0.294 e. The second-order valence-corrected chi connectivity index (χ2v) is 6.96. The van der Waals surface area contributed by atoms with Crippen molar-refractivity contribution in [3.63, 3.8) is 0 Å². The fraction of sp³-hybridized carbons (Fsp3) is 0.273. The van der Waals surface area contributed by atoms with E-state index >= 15 is 0 Å². The third-order valence-electron chi connectivity index (χ3n) is 2.96. The van der Waals surface area contributed by atoms with Crippen molar-refractivity contribution in [2.75, 3.05) is 6.54 Å². The molecule has 1 N–H and O–H groups in total. The van der Waals surface area contributed by atoms with E-state index in [2.05, 4.69) is 0 Å². The van der Waals surface area contributed by atoms with Gasteiger partial charge in [-0.25, -0.2) is 12.8 Å². The van der Waals surface area contributed by atoms with E-state index in [1.165, 1.54) is 6.92 Å². The molecule has 1 saturated heterocycles. The number of hydrogen-bond acceptors (Lipinski definition) is 4. The molecule has 6 nitrogen and oxygen atoms in total. The molecule has 0 bridgehead atoms. The lowest BCUT2D eigenvalue weighted by Crippen LogP contribution is -2.58. The average Bonchev–Trinajstić information content (AvgIpc) is 2.39. The Balaban J connectivity index is 2.54. The Morgan fingerprint density at radius 2 is 1.95 bits per heavy atom. The Kier molecular flexibility index (Phi) is 4.25. The van der Waals surface area contributed by atoms with E-state index in [-0.39, 0.29) is 5.02 Å². The summed E-state index contributed by atoms with van der Waals surface area (Å²) in [5.41, 5.74) is 0. The lowest BCUT2D eigenvalue weighted by atomic mass is 10.2. The van der Waals surface area contributed by atoms with E-state index in [0.29, 0.717) is 4.31 Å². The number of halogens is 3. The van der Waals surface area contributed by atoms with E-state index in [9.17, 15) is 22.4 Å². The van der Waals surface area contributed by atoms with Gasteiger partial charge in [0.25, 0.3) is 0 Å². The van der Waals surface area contributed by atoms with E-state index in [0.717, 1.165) is 12.1 Å². The SMILES string of the molecule is CC1C(=O)NC(=O)CN1S(=O)(=O)c1ccc(Cl)c(F)c1Cl. The molecule has 1 fully saturated rings. The monoisotopic (exact) mass is 354 g/mol. The molecule has 1 unspecified atom stereocenters. The molecule has 1 aliphatic rings. The molecule has 1 aromatic carbocycles. The van der Waals surface area contributed by atoms with Crippen LogP contribution in [-0.2, 0) is 19.6 Å². The van der Waals surface area contributed by atoms with Gasteiger partial charge in [0, 0.05) is 0 Å². The molecular formula is C11H9Cl2FN2O4S. The van der Waals surface area contributed by atoms with Crippen LogP contribution in [-0.4, -0.2) is 37.1 Å². The smallest absolute Gasteiger partial charge is 0.245 e. The number of carbonyl (C=O) groups is 2. The molecule has 1 aromatic rings. The van der Waals surface area contributed by atoms with Crippen LogP contribution in [0.4, 0.5) is 4.39 Å². The number of piperazine rings is 1. The lowest BCUT2D eigenvalue weighted by molar-refractivity contribution is -0.136. The van der Waals surface area contributed by atoms with Crippen molar-refractivity contribution >= 4 is 45.0 Å². The molecule has 114 valence electrons. The van der Waals surface area contributed by atoms with Crippen molar-refractivity contribution in [2.45, 2.75) is 17.9 Å². The predicted molar refractivity (Wildman–Crippen MR) is 72.9 cm³/mol. The zero-order valence-corrected chi connectivity index (χ0v) is 12.9. The maximum absolute atomic E-state index is 13.6. The maximum Gasteiger partial charge on any atom is 0.245 e. The van der Waals surface area contributed by atoms with Gasteiger partial charge in [0.1, 0.15) is 10.9 Å². The topological polar surface area (TPSA) is 83.6 Å². The van der Waals surface area contributed by atoms with Crippen LogP contribution in [0.1, 0.15) is 6.92 Å². The number of benzene rings is 1. The van der Waals surface area contributed by atoms with E-state index in [1.54, 1.807) is 0 Å². The van der Waals surface area contributed by atoms with Gasteiger partial charge in [-0.1, -0.05) is 23.2 Å². The van der Waals surface area contributed by atoms with Crippen LogP contribution < -0.4 is 5.32 Å². The van der Waals surface area contributed by atoms with Gasteiger partial charge >= 0.3 is 0 Å². The summed E-state index contributed by atoms with van der Waals surface area (Å²) in [6.07, 6.45) is 0. The molecule has 10 heteroatoms. The maximum atomic E-state index is 13.6. The zero-order valence-electron chi connectivity index (χ0n) is 10.6. The van der Waals surface area contributed by atoms with Gasteiger partial charge < -0.3 is 0 Å². The van der Waals surface area contributed by atoms with Crippen LogP contribution in [0.25, 0.3) is 0 Å². The summed E-state index contributed by atoms with van der Waals surface area (Å²) in [5, 5.41) is 0.985. The zero-order chi connectivity index (χ0) is 15.9. The number of sulfonamides is 1. The first-order valence-corrected chi connectivity index (χ1v) is 7.85. The number of amides is 2. The highest BCUT2D eigenvalue weighted by Crippen LogP contribution is 2.32. The van der Waals surface area contributed by atoms with Gasteiger partial charge in [-0.05, 0) is 19.1 Å². The fourth-order valence-electron chi connectivity index (χ4n) is 1.82. The summed E-state index contributed by atoms with van der Waals surface area (Å²) in [4.78, 5) is 22.3. The number of imide groups is 1. The molecule has 0 spiro atoms. The van der Waals surface area contributed by atoms with Gasteiger partial charge in [-0.15, -0.1) is 0 Å². The number of carbonyl (C=O) groups excluding carboxylic acids is 2. The Morgan fingerprint density at radius 3 is 2.57 bits per heavy atom. The van der Waals surface area contributed by atoms with Gasteiger partial charge in [0.15, 0.2) is 5.82 Å². The molecule has 2 amide bonds. The first kappa shape index (κ1) is 16.2. The number of hydrogen-bond donors (Lipinski definition) is 1. The molecule has 1 heterocycles. The Labute approximate surface area is 129 Å². The normalized spacial score (nSPS) is 20.5. The average molecular weight is 355 g/mol.